The number of hydrogen-bond donors (Lipinski definition) is 0. The minimum atomic E-state index is 0. The Morgan fingerprint density at radius 1 is 0.967 bits per heavy atom. The van der Waals surface area contributed by atoms with Gasteiger partial charge in [0.25, 0.3) is 0 Å². The number of methoxy groups -OCH3 is 1. The maximum Gasteiger partial charge on any atom is 0.119 e. The van der Waals surface area contributed by atoms with Crippen LogP contribution in [-0.4, -0.2) is 18.1 Å². The van der Waals surface area contributed by atoms with E-state index in [4.69, 9.17) is 4.74 Å². The maximum absolute atomic E-state index is 5.45. The van der Waals surface area contributed by atoms with Crippen molar-refractivity contribution in [3.05, 3.63) is 100 Å². The summed E-state index contributed by atoms with van der Waals surface area (Å²) in [6, 6.07) is 28.7. The Morgan fingerprint density at radius 3 is 2.53 bits per heavy atom. The van der Waals surface area contributed by atoms with Crippen molar-refractivity contribution in [2.24, 2.45) is 0 Å². The van der Waals surface area contributed by atoms with Crippen molar-refractivity contribution in [2.75, 3.05) is 7.11 Å². The third kappa shape index (κ3) is 3.74. The molecule has 0 fully saturated rings. The lowest BCUT2D eigenvalue weighted by molar-refractivity contribution is 0.163. The third-order valence-electron chi connectivity index (χ3n) is 6.11. The Labute approximate surface area is 188 Å². The van der Waals surface area contributed by atoms with Crippen LogP contribution in [0.25, 0.3) is 10.1 Å². The fourth-order valence-corrected chi connectivity index (χ4v) is 6.05. The first kappa shape index (κ1) is 20.9. The lowest BCUT2D eigenvalue weighted by atomic mass is 9.84. The quantitative estimate of drug-likeness (QED) is 0.347. The van der Waals surface area contributed by atoms with Crippen LogP contribution in [0.5, 0.6) is 5.75 Å². The van der Waals surface area contributed by atoms with E-state index in [1.807, 2.05) is 17.4 Å². The van der Waals surface area contributed by atoms with Crippen molar-refractivity contribution in [2.45, 2.75) is 32.0 Å². The predicted octanol–water partition coefficient (Wildman–Crippen LogP) is 6.87. The molecule has 2 heterocycles. The van der Waals surface area contributed by atoms with Gasteiger partial charge in [-0.2, -0.15) is 0 Å². The average molecular weight is 436 g/mol. The normalized spacial score (nSPS) is 18.6. The zero-order valence-electron chi connectivity index (χ0n) is 17.2. The second-order valence-corrected chi connectivity index (χ2v) is 8.91. The summed E-state index contributed by atoms with van der Waals surface area (Å²) in [6.07, 6.45) is 0. The Bertz CT molecular complexity index is 1140. The summed E-state index contributed by atoms with van der Waals surface area (Å²) in [6.45, 7) is 4.29. The Kier molecular flexibility index (Phi) is 6.14. The van der Waals surface area contributed by atoms with Crippen LogP contribution in [0.1, 0.15) is 34.4 Å². The average Bonchev–Trinajstić information content (AvgIpc) is 3.13. The van der Waals surface area contributed by atoms with Crippen molar-refractivity contribution in [3.63, 3.8) is 0 Å². The molecule has 154 valence electrons. The van der Waals surface area contributed by atoms with Gasteiger partial charge < -0.3 is 4.74 Å². The molecule has 2 nitrogen and oxygen atoms in total. The molecule has 1 aliphatic heterocycles. The van der Waals surface area contributed by atoms with E-state index in [9.17, 15) is 0 Å². The van der Waals surface area contributed by atoms with Gasteiger partial charge in [0.05, 0.1) is 7.11 Å². The van der Waals surface area contributed by atoms with Crippen LogP contribution in [0.4, 0.5) is 0 Å². The van der Waals surface area contributed by atoms with Gasteiger partial charge >= 0.3 is 0 Å². The fraction of sp³-hybridized carbons (Fsp3) is 0.231. The molecule has 0 spiro atoms. The fourth-order valence-electron chi connectivity index (χ4n) is 4.60. The number of rotatable bonds is 4. The van der Waals surface area contributed by atoms with Gasteiger partial charge in [0, 0.05) is 34.6 Å². The van der Waals surface area contributed by atoms with Crippen LogP contribution < -0.4 is 4.74 Å². The molecule has 1 aromatic heterocycles. The summed E-state index contributed by atoms with van der Waals surface area (Å²) >= 11 is 1.97. The van der Waals surface area contributed by atoms with E-state index < -0.39 is 0 Å². The largest absolute Gasteiger partial charge is 0.497 e. The molecule has 30 heavy (non-hydrogen) atoms. The molecule has 1 aliphatic rings. The maximum atomic E-state index is 5.45. The second-order valence-electron chi connectivity index (χ2n) is 7.83. The second kappa shape index (κ2) is 8.81. The molecule has 0 radical (unpaired) electrons. The van der Waals surface area contributed by atoms with Gasteiger partial charge in [0.2, 0.25) is 0 Å². The predicted molar refractivity (Wildman–Crippen MR) is 129 cm³/mol. The Balaban J connectivity index is 0.00000218. The molecule has 4 aromatic rings. The minimum absolute atomic E-state index is 0. The van der Waals surface area contributed by atoms with Gasteiger partial charge in [-0.25, -0.2) is 0 Å². The van der Waals surface area contributed by atoms with E-state index in [0.29, 0.717) is 12.0 Å². The molecule has 0 bridgehead atoms. The SMILES string of the molecule is COc1cccc(CN2Cc3c(sc4ccccc34)C(c3ccccc3)C2C)c1.Cl. The third-order valence-corrected chi connectivity index (χ3v) is 7.41. The van der Waals surface area contributed by atoms with Crippen molar-refractivity contribution >= 4 is 33.8 Å². The highest BCUT2D eigenvalue weighted by Gasteiger charge is 2.35. The summed E-state index contributed by atoms with van der Waals surface area (Å²) < 4.78 is 6.84. The van der Waals surface area contributed by atoms with Crippen molar-refractivity contribution < 1.29 is 4.74 Å². The van der Waals surface area contributed by atoms with Crippen LogP contribution in [0.2, 0.25) is 0 Å². The van der Waals surface area contributed by atoms with Gasteiger partial charge in [0.15, 0.2) is 0 Å². The summed E-state index contributed by atoms with van der Waals surface area (Å²) in [4.78, 5) is 4.15. The van der Waals surface area contributed by atoms with Crippen molar-refractivity contribution in [1.82, 2.24) is 4.90 Å². The minimum Gasteiger partial charge on any atom is -0.497 e. The molecule has 2 unspecified atom stereocenters. The van der Waals surface area contributed by atoms with Gasteiger partial charge in [-0.15, -0.1) is 23.7 Å². The monoisotopic (exact) mass is 435 g/mol. The van der Waals surface area contributed by atoms with E-state index in [-0.39, 0.29) is 12.4 Å². The summed E-state index contributed by atoms with van der Waals surface area (Å²) in [5.74, 6) is 1.32. The lowest BCUT2D eigenvalue weighted by Crippen LogP contribution is -2.40. The van der Waals surface area contributed by atoms with Gasteiger partial charge in [-0.05, 0) is 47.2 Å². The van der Waals surface area contributed by atoms with E-state index in [2.05, 4.69) is 84.6 Å². The zero-order valence-corrected chi connectivity index (χ0v) is 18.9. The van der Waals surface area contributed by atoms with Crippen LogP contribution in [0, 0.1) is 0 Å². The zero-order chi connectivity index (χ0) is 19.8. The number of thiophene rings is 1. The highest BCUT2D eigenvalue weighted by Crippen LogP contribution is 2.46. The van der Waals surface area contributed by atoms with Crippen LogP contribution in [0.15, 0.2) is 78.9 Å². The number of halogens is 1. The van der Waals surface area contributed by atoms with Crippen LogP contribution >= 0.6 is 23.7 Å². The first-order chi connectivity index (χ1) is 14.2. The molecule has 4 heteroatoms. The van der Waals surface area contributed by atoms with E-state index in [0.717, 1.165) is 18.8 Å². The number of ether oxygens (including phenoxy) is 1. The highest BCUT2D eigenvalue weighted by atomic mass is 35.5. The molecule has 0 amide bonds. The Morgan fingerprint density at radius 2 is 1.73 bits per heavy atom. The van der Waals surface area contributed by atoms with Crippen LogP contribution in [0.3, 0.4) is 0 Å². The van der Waals surface area contributed by atoms with Gasteiger partial charge in [0.1, 0.15) is 5.75 Å². The molecular formula is C26H26ClNOS. The Hall–Kier alpha value is -2.33. The molecule has 2 atom stereocenters. The number of benzene rings is 3. The first-order valence-electron chi connectivity index (χ1n) is 10.2. The topological polar surface area (TPSA) is 12.5 Å². The summed E-state index contributed by atoms with van der Waals surface area (Å²) in [7, 11) is 1.73. The molecule has 0 saturated carbocycles. The molecule has 0 aliphatic carbocycles. The number of nitrogens with zero attached hydrogens (tertiary/aromatic N) is 1. The van der Waals surface area contributed by atoms with Gasteiger partial charge in [-0.1, -0.05) is 60.7 Å². The van der Waals surface area contributed by atoms with Gasteiger partial charge in [-0.3, -0.25) is 4.90 Å². The van der Waals surface area contributed by atoms with E-state index >= 15 is 0 Å². The highest BCUT2D eigenvalue weighted by molar-refractivity contribution is 7.19. The number of hydrogen-bond acceptors (Lipinski definition) is 3. The summed E-state index contributed by atoms with van der Waals surface area (Å²) in [5, 5.41) is 1.41. The lowest BCUT2D eigenvalue weighted by Gasteiger charge is -2.40. The standard InChI is InChI=1S/C26H25NOS.ClH/c1-18-25(20-10-4-3-5-11-20)26-23(22-13-6-7-14-24(22)29-26)17-27(18)16-19-9-8-12-21(15-19)28-2;/h3-15,18,25H,16-17H2,1-2H3;1H. The van der Waals surface area contributed by atoms with E-state index in [1.165, 1.54) is 31.7 Å². The van der Waals surface area contributed by atoms with Crippen LogP contribution in [-0.2, 0) is 13.1 Å². The summed E-state index contributed by atoms with van der Waals surface area (Å²) in [5.41, 5.74) is 4.20. The smallest absolute Gasteiger partial charge is 0.119 e. The first-order valence-corrected chi connectivity index (χ1v) is 11.0. The number of fused-ring (bicyclic) bond motifs is 3. The van der Waals surface area contributed by atoms with Crippen molar-refractivity contribution in [1.29, 1.82) is 0 Å². The molecule has 0 N–H and O–H groups in total. The molecule has 3 aromatic carbocycles. The molecular weight excluding hydrogens is 410 g/mol. The van der Waals surface area contributed by atoms with Crippen molar-refractivity contribution in [3.8, 4) is 5.75 Å². The molecule has 5 rings (SSSR count). The van der Waals surface area contributed by atoms with E-state index in [1.54, 1.807) is 7.11 Å². The molecule has 0 saturated heterocycles.